The molecule has 22 heavy (non-hydrogen) atoms. The first-order valence-corrected chi connectivity index (χ1v) is 6.29. The standard InChI is InChI=1S/C16H13NO5/c18-9-11-8-12(19)3-4-13(11)17-16(22)6-2-10-1-5-14(20)15(21)7-10/h1-9,19-21H,(H,17,22)/b6-2+. The second-order valence-corrected chi connectivity index (χ2v) is 4.46. The van der Waals surface area contributed by atoms with Crippen LogP contribution in [0.15, 0.2) is 42.5 Å². The number of rotatable bonds is 4. The monoisotopic (exact) mass is 299 g/mol. The molecule has 0 aliphatic rings. The molecule has 0 aromatic heterocycles. The van der Waals surface area contributed by atoms with Crippen molar-refractivity contribution < 1.29 is 24.9 Å². The van der Waals surface area contributed by atoms with Crippen LogP contribution in [0.25, 0.3) is 6.08 Å². The zero-order valence-electron chi connectivity index (χ0n) is 11.4. The van der Waals surface area contributed by atoms with E-state index in [1.54, 1.807) is 0 Å². The number of carbonyl (C=O) groups excluding carboxylic acids is 2. The molecule has 2 aromatic rings. The van der Waals surface area contributed by atoms with Gasteiger partial charge in [-0.2, -0.15) is 0 Å². The van der Waals surface area contributed by atoms with Gasteiger partial charge in [-0.15, -0.1) is 0 Å². The van der Waals surface area contributed by atoms with Crippen LogP contribution in [0.3, 0.4) is 0 Å². The maximum Gasteiger partial charge on any atom is 0.248 e. The van der Waals surface area contributed by atoms with Crippen LogP contribution < -0.4 is 5.32 Å². The Balaban J connectivity index is 2.11. The van der Waals surface area contributed by atoms with Crippen molar-refractivity contribution in [2.45, 2.75) is 0 Å². The quantitative estimate of drug-likeness (QED) is 0.300. The second-order valence-electron chi connectivity index (χ2n) is 4.46. The van der Waals surface area contributed by atoms with Gasteiger partial charge in [-0.05, 0) is 42.0 Å². The van der Waals surface area contributed by atoms with E-state index >= 15 is 0 Å². The van der Waals surface area contributed by atoms with Crippen LogP contribution in [0.2, 0.25) is 0 Å². The number of amides is 1. The molecule has 0 radical (unpaired) electrons. The third-order valence-electron chi connectivity index (χ3n) is 2.85. The van der Waals surface area contributed by atoms with Crippen LogP contribution in [0, 0.1) is 0 Å². The van der Waals surface area contributed by atoms with E-state index in [9.17, 15) is 24.9 Å². The summed E-state index contributed by atoms with van der Waals surface area (Å²) < 4.78 is 0. The van der Waals surface area contributed by atoms with Crippen LogP contribution in [0.5, 0.6) is 17.2 Å². The number of phenolic OH excluding ortho intramolecular Hbond substituents is 3. The average Bonchev–Trinajstić information content (AvgIpc) is 2.50. The number of hydrogen-bond acceptors (Lipinski definition) is 5. The highest BCUT2D eigenvalue weighted by Crippen LogP contribution is 2.25. The Morgan fingerprint density at radius 1 is 1.00 bits per heavy atom. The summed E-state index contributed by atoms with van der Waals surface area (Å²) in [5.74, 6) is -1.10. The lowest BCUT2D eigenvalue weighted by Crippen LogP contribution is -2.09. The van der Waals surface area contributed by atoms with Gasteiger partial charge in [-0.1, -0.05) is 6.07 Å². The normalized spacial score (nSPS) is 10.5. The van der Waals surface area contributed by atoms with E-state index in [1.165, 1.54) is 48.6 Å². The molecular weight excluding hydrogens is 286 g/mol. The number of aldehydes is 1. The van der Waals surface area contributed by atoms with Gasteiger partial charge in [-0.25, -0.2) is 0 Å². The van der Waals surface area contributed by atoms with Gasteiger partial charge in [0.1, 0.15) is 5.75 Å². The molecule has 6 nitrogen and oxygen atoms in total. The Morgan fingerprint density at radius 3 is 2.45 bits per heavy atom. The fraction of sp³-hybridized carbons (Fsp3) is 0. The number of benzene rings is 2. The largest absolute Gasteiger partial charge is 0.508 e. The maximum atomic E-state index is 11.8. The van der Waals surface area contributed by atoms with Gasteiger partial charge in [0, 0.05) is 11.6 Å². The fourth-order valence-corrected chi connectivity index (χ4v) is 1.75. The molecule has 0 bridgehead atoms. The molecule has 4 N–H and O–H groups in total. The third-order valence-corrected chi connectivity index (χ3v) is 2.85. The molecule has 0 aliphatic heterocycles. The highest BCUT2D eigenvalue weighted by Gasteiger charge is 2.05. The molecule has 0 atom stereocenters. The summed E-state index contributed by atoms with van der Waals surface area (Å²) in [6, 6.07) is 8.13. The predicted octanol–water partition coefficient (Wildman–Crippen LogP) is 2.27. The van der Waals surface area contributed by atoms with Crippen LogP contribution in [0.1, 0.15) is 15.9 Å². The minimum Gasteiger partial charge on any atom is -0.508 e. The number of hydrogen-bond donors (Lipinski definition) is 4. The van der Waals surface area contributed by atoms with Gasteiger partial charge in [0.15, 0.2) is 17.8 Å². The molecule has 0 saturated carbocycles. The number of carbonyl (C=O) groups is 2. The molecule has 2 rings (SSSR count). The lowest BCUT2D eigenvalue weighted by Gasteiger charge is -2.05. The summed E-state index contributed by atoms with van der Waals surface area (Å²) in [6.45, 7) is 0. The zero-order valence-corrected chi connectivity index (χ0v) is 11.4. The Labute approximate surface area is 126 Å². The molecule has 0 aliphatic carbocycles. The van der Waals surface area contributed by atoms with E-state index in [1.807, 2.05) is 0 Å². The van der Waals surface area contributed by atoms with Crippen molar-refractivity contribution in [2.75, 3.05) is 5.32 Å². The molecule has 0 heterocycles. The first-order valence-electron chi connectivity index (χ1n) is 6.29. The minimum absolute atomic E-state index is 0.0739. The van der Waals surface area contributed by atoms with Crippen LogP contribution in [-0.2, 0) is 4.79 Å². The van der Waals surface area contributed by atoms with Crippen molar-refractivity contribution >= 4 is 24.0 Å². The number of phenols is 3. The smallest absolute Gasteiger partial charge is 0.248 e. The first kappa shape index (κ1) is 15.1. The molecule has 0 saturated heterocycles. The van der Waals surface area contributed by atoms with E-state index in [0.717, 1.165) is 0 Å². The summed E-state index contributed by atoms with van der Waals surface area (Å²) in [6.07, 6.45) is 3.18. The summed E-state index contributed by atoms with van der Waals surface area (Å²) in [5.41, 5.74) is 0.951. The molecule has 0 unspecified atom stereocenters. The number of nitrogens with one attached hydrogen (secondary N) is 1. The first-order chi connectivity index (χ1) is 10.5. The van der Waals surface area contributed by atoms with Crippen LogP contribution >= 0.6 is 0 Å². The van der Waals surface area contributed by atoms with Gasteiger partial charge >= 0.3 is 0 Å². The minimum atomic E-state index is -0.485. The van der Waals surface area contributed by atoms with E-state index in [0.29, 0.717) is 11.8 Å². The van der Waals surface area contributed by atoms with Gasteiger partial charge in [0.05, 0.1) is 5.69 Å². The topological polar surface area (TPSA) is 107 Å². The molecule has 0 spiro atoms. The van der Waals surface area contributed by atoms with Gasteiger partial charge in [0.25, 0.3) is 0 Å². The van der Waals surface area contributed by atoms with Crippen molar-refractivity contribution in [3.8, 4) is 17.2 Å². The van der Waals surface area contributed by atoms with Crippen molar-refractivity contribution in [2.24, 2.45) is 0 Å². The Bertz CT molecular complexity index is 752. The fourth-order valence-electron chi connectivity index (χ4n) is 1.75. The van der Waals surface area contributed by atoms with Gasteiger partial charge in [0.2, 0.25) is 5.91 Å². The predicted molar refractivity (Wildman–Crippen MR) is 80.9 cm³/mol. The van der Waals surface area contributed by atoms with E-state index in [-0.39, 0.29) is 28.5 Å². The average molecular weight is 299 g/mol. The van der Waals surface area contributed by atoms with Crippen LogP contribution in [0.4, 0.5) is 5.69 Å². The van der Waals surface area contributed by atoms with E-state index < -0.39 is 5.91 Å². The molecule has 112 valence electrons. The van der Waals surface area contributed by atoms with Crippen molar-refractivity contribution in [1.29, 1.82) is 0 Å². The van der Waals surface area contributed by atoms with Crippen molar-refractivity contribution in [3.63, 3.8) is 0 Å². The molecular formula is C16H13NO5. The molecule has 2 aromatic carbocycles. The highest BCUT2D eigenvalue weighted by atomic mass is 16.3. The summed E-state index contributed by atoms with van der Waals surface area (Å²) in [4.78, 5) is 22.7. The van der Waals surface area contributed by atoms with Crippen molar-refractivity contribution in [1.82, 2.24) is 0 Å². The lowest BCUT2D eigenvalue weighted by molar-refractivity contribution is -0.111. The summed E-state index contributed by atoms with van der Waals surface area (Å²) in [5, 5.41) is 30.3. The second kappa shape index (κ2) is 6.45. The zero-order chi connectivity index (χ0) is 16.1. The highest BCUT2D eigenvalue weighted by molar-refractivity contribution is 6.04. The number of aromatic hydroxyl groups is 3. The number of anilines is 1. The molecule has 6 heteroatoms. The van der Waals surface area contributed by atoms with Crippen LogP contribution in [-0.4, -0.2) is 27.5 Å². The summed E-state index contributed by atoms with van der Waals surface area (Å²) in [7, 11) is 0. The third kappa shape index (κ3) is 3.63. The maximum absolute atomic E-state index is 11.8. The van der Waals surface area contributed by atoms with E-state index in [2.05, 4.69) is 5.32 Å². The van der Waals surface area contributed by atoms with Gasteiger partial charge < -0.3 is 20.6 Å². The lowest BCUT2D eigenvalue weighted by atomic mass is 10.1. The molecule has 1 amide bonds. The van der Waals surface area contributed by atoms with Gasteiger partial charge in [-0.3, -0.25) is 9.59 Å². The van der Waals surface area contributed by atoms with E-state index in [4.69, 9.17) is 0 Å². The SMILES string of the molecule is O=Cc1cc(O)ccc1NC(=O)/C=C/c1ccc(O)c(O)c1. The Hall–Kier alpha value is -3.28. The molecule has 0 fully saturated rings. The summed E-state index contributed by atoms with van der Waals surface area (Å²) >= 11 is 0. The Kier molecular flexibility index (Phi) is 4.43. The van der Waals surface area contributed by atoms with Crippen molar-refractivity contribution in [3.05, 3.63) is 53.6 Å². The Morgan fingerprint density at radius 2 is 1.77 bits per heavy atom.